The zero-order valence-electron chi connectivity index (χ0n) is 12.7. The van der Waals surface area contributed by atoms with Crippen molar-refractivity contribution in [2.24, 2.45) is 5.10 Å². The predicted octanol–water partition coefficient (Wildman–Crippen LogP) is 2.95. The summed E-state index contributed by atoms with van der Waals surface area (Å²) in [6.45, 7) is 0. The van der Waals surface area contributed by atoms with Crippen LogP contribution < -0.4 is 10.2 Å². The number of methoxy groups -OCH3 is 1. The van der Waals surface area contributed by atoms with Crippen molar-refractivity contribution >= 4 is 29.4 Å². The molecular weight excluding hydrogens is 334 g/mol. The van der Waals surface area contributed by atoms with E-state index in [4.69, 9.17) is 16.3 Å². The number of hydrogen-bond acceptors (Lipinski definition) is 5. The van der Waals surface area contributed by atoms with Crippen LogP contribution in [0.1, 0.15) is 11.1 Å². The number of nitrogens with zero attached hydrogens (tertiary/aromatic N) is 2. The molecule has 0 aliphatic carbocycles. The van der Waals surface area contributed by atoms with E-state index in [0.717, 1.165) is 0 Å². The Morgan fingerprint density at radius 3 is 2.83 bits per heavy atom. The average molecular weight is 348 g/mol. The number of rotatable bonds is 6. The molecule has 2 aromatic carbocycles. The number of carbonyl (C=O) groups excluding carboxylic acids is 1. The summed E-state index contributed by atoms with van der Waals surface area (Å²) in [6, 6.07) is 11.0. The minimum absolute atomic E-state index is 0.104. The molecule has 0 radical (unpaired) electrons. The Kier molecular flexibility index (Phi) is 5.86. The van der Waals surface area contributed by atoms with Crippen LogP contribution in [-0.2, 0) is 11.2 Å². The molecule has 1 N–H and O–H groups in total. The van der Waals surface area contributed by atoms with Crippen LogP contribution in [0.4, 0.5) is 5.69 Å². The lowest BCUT2D eigenvalue weighted by atomic mass is 10.1. The summed E-state index contributed by atoms with van der Waals surface area (Å²) in [5.41, 5.74) is 3.13. The third-order valence-corrected chi connectivity index (χ3v) is 3.36. The van der Waals surface area contributed by atoms with E-state index < -0.39 is 10.8 Å². The highest BCUT2D eigenvalue weighted by Gasteiger charge is 2.15. The highest BCUT2D eigenvalue weighted by Crippen LogP contribution is 2.21. The molecule has 8 heteroatoms. The fraction of sp³-hybridized carbons (Fsp3) is 0.125. The lowest BCUT2D eigenvalue weighted by molar-refractivity contribution is -0.385. The Morgan fingerprint density at radius 2 is 2.12 bits per heavy atom. The Balaban J connectivity index is 2.04. The molecule has 0 heterocycles. The van der Waals surface area contributed by atoms with E-state index in [0.29, 0.717) is 21.9 Å². The number of carbonyl (C=O) groups is 1. The molecule has 0 aliphatic heterocycles. The molecule has 0 aliphatic rings. The van der Waals surface area contributed by atoms with Gasteiger partial charge in [-0.2, -0.15) is 5.10 Å². The Labute approximate surface area is 143 Å². The number of benzene rings is 2. The molecule has 24 heavy (non-hydrogen) atoms. The van der Waals surface area contributed by atoms with Crippen LogP contribution in [0.15, 0.2) is 47.6 Å². The van der Waals surface area contributed by atoms with Crippen molar-refractivity contribution in [1.82, 2.24) is 5.43 Å². The quantitative estimate of drug-likeness (QED) is 0.494. The minimum atomic E-state index is -0.525. The number of nitro groups is 1. The fourth-order valence-corrected chi connectivity index (χ4v) is 2.21. The summed E-state index contributed by atoms with van der Waals surface area (Å²) in [5, 5.41) is 15.3. The van der Waals surface area contributed by atoms with Gasteiger partial charge in [-0.1, -0.05) is 29.8 Å². The predicted molar refractivity (Wildman–Crippen MR) is 90.5 cm³/mol. The summed E-state index contributed by atoms with van der Waals surface area (Å²) >= 11 is 5.90. The van der Waals surface area contributed by atoms with Gasteiger partial charge in [0.15, 0.2) is 0 Å². The van der Waals surface area contributed by atoms with Crippen molar-refractivity contribution in [3.8, 4) is 5.75 Å². The summed E-state index contributed by atoms with van der Waals surface area (Å²) in [5.74, 6) is 0.0811. The van der Waals surface area contributed by atoms with E-state index in [1.165, 1.54) is 25.5 Å². The van der Waals surface area contributed by atoms with Gasteiger partial charge in [-0.3, -0.25) is 14.9 Å². The molecule has 0 aromatic heterocycles. The largest absolute Gasteiger partial charge is 0.496 e. The third kappa shape index (κ3) is 4.53. The molecule has 1 amide bonds. The van der Waals surface area contributed by atoms with Crippen LogP contribution in [0.2, 0.25) is 5.02 Å². The fourth-order valence-electron chi connectivity index (χ4n) is 2.03. The van der Waals surface area contributed by atoms with Crippen LogP contribution in [0.5, 0.6) is 5.75 Å². The highest BCUT2D eigenvalue weighted by atomic mass is 35.5. The van der Waals surface area contributed by atoms with Gasteiger partial charge in [-0.25, -0.2) is 5.43 Å². The molecule has 2 aromatic rings. The first-order valence-electron chi connectivity index (χ1n) is 6.89. The number of ether oxygens (including phenoxy) is 1. The van der Waals surface area contributed by atoms with Crippen LogP contribution in [-0.4, -0.2) is 24.2 Å². The van der Waals surface area contributed by atoms with Crippen molar-refractivity contribution in [3.05, 3.63) is 68.7 Å². The van der Waals surface area contributed by atoms with E-state index >= 15 is 0 Å². The first-order chi connectivity index (χ1) is 11.5. The van der Waals surface area contributed by atoms with Crippen LogP contribution >= 0.6 is 11.6 Å². The first kappa shape index (κ1) is 17.4. The van der Waals surface area contributed by atoms with Gasteiger partial charge >= 0.3 is 0 Å². The van der Waals surface area contributed by atoms with E-state index in [2.05, 4.69) is 10.5 Å². The normalized spacial score (nSPS) is 10.6. The lowest BCUT2D eigenvalue weighted by Gasteiger charge is -2.05. The van der Waals surface area contributed by atoms with Gasteiger partial charge in [-0.05, 0) is 18.2 Å². The Bertz CT molecular complexity index is 793. The second-order valence-corrected chi connectivity index (χ2v) is 5.18. The number of para-hydroxylation sites is 1. The van der Waals surface area contributed by atoms with Crippen molar-refractivity contribution < 1.29 is 14.5 Å². The molecule has 124 valence electrons. The van der Waals surface area contributed by atoms with Crippen molar-refractivity contribution in [3.63, 3.8) is 0 Å². The Hall–Kier alpha value is -2.93. The molecule has 0 unspecified atom stereocenters. The number of nitro benzene ring substituents is 1. The van der Waals surface area contributed by atoms with Gasteiger partial charge in [0.1, 0.15) is 5.75 Å². The summed E-state index contributed by atoms with van der Waals surface area (Å²) in [6.07, 6.45) is 1.24. The molecule has 0 bridgehead atoms. The molecule has 0 saturated carbocycles. The monoisotopic (exact) mass is 347 g/mol. The maximum Gasteiger partial charge on any atom is 0.273 e. The van der Waals surface area contributed by atoms with E-state index in [1.807, 2.05) is 0 Å². The van der Waals surface area contributed by atoms with Gasteiger partial charge in [-0.15, -0.1) is 0 Å². The van der Waals surface area contributed by atoms with Gasteiger partial charge in [0.25, 0.3) is 5.69 Å². The van der Waals surface area contributed by atoms with E-state index in [9.17, 15) is 14.9 Å². The lowest BCUT2D eigenvalue weighted by Crippen LogP contribution is -2.20. The zero-order chi connectivity index (χ0) is 17.5. The van der Waals surface area contributed by atoms with E-state index in [1.54, 1.807) is 30.3 Å². The maximum atomic E-state index is 11.9. The average Bonchev–Trinajstić information content (AvgIpc) is 2.55. The van der Waals surface area contributed by atoms with Crippen molar-refractivity contribution in [2.75, 3.05) is 7.11 Å². The number of halogens is 1. The third-order valence-electron chi connectivity index (χ3n) is 3.12. The van der Waals surface area contributed by atoms with Gasteiger partial charge in [0.05, 0.1) is 24.7 Å². The Morgan fingerprint density at radius 1 is 1.38 bits per heavy atom. The smallest absolute Gasteiger partial charge is 0.273 e. The number of amides is 1. The zero-order valence-corrected chi connectivity index (χ0v) is 13.5. The number of hydrogen-bond donors (Lipinski definition) is 1. The SMILES string of the molecule is COc1ccc(Cl)cc1/C=N/NC(=O)Cc1ccccc1[N+](=O)[O-]. The number of hydrazone groups is 1. The van der Waals surface area contributed by atoms with Crippen LogP contribution in [0, 0.1) is 10.1 Å². The van der Waals surface area contributed by atoms with E-state index in [-0.39, 0.29) is 12.1 Å². The molecule has 0 atom stereocenters. The maximum absolute atomic E-state index is 11.9. The molecule has 0 spiro atoms. The molecule has 0 fully saturated rings. The van der Waals surface area contributed by atoms with Crippen molar-refractivity contribution in [2.45, 2.75) is 6.42 Å². The van der Waals surface area contributed by atoms with Crippen LogP contribution in [0.25, 0.3) is 0 Å². The summed E-state index contributed by atoms with van der Waals surface area (Å²) < 4.78 is 5.16. The van der Waals surface area contributed by atoms with Gasteiger partial charge in [0, 0.05) is 22.2 Å². The highest BCUT2D eigenvalue weighted by molar-refractivity contribution is 6.30. The molecule has 2 rings (SSSR count). The molecule has 0 saturated heterocycles. The van der Waals surface area contributed by atoms with Crippen LogP contribution in [0.3, 0.4) is 0 Å². The molecular formula is C16H14ClN3O4. The molecule has 7 nitrogen and oxygen atoms in total. The second kappa shape index (κ2) is 8.07. The van der Waals surface area contributed by atoms with Gasteiger partial charge in [0.2, 0.25) is 5.91 Å². The topological polar surface area (TPSA) is 93.8 Å². The van der Waals surface area contributed by atoms with Gasteiger partial charge < -0.3 is 4.74 Å². The second-order valence-electron chi connectivity index (χ2n) is 4.74. The van der Waals surface area contributed by atoms with Crippen molar-refractivity contribution in [1.29, 1.82) is 0 Å². The minimum Gasteiger partial charge on any atom is -0.496 e. The first-order valence-corrected chi connectivity index (χ1v) is 7.27. The number of nitrogens with one attached hydrogen (secondary N) is 1. The summed E-state index contributed by atoms with van der Waals surface area (Å²) in [4.78, 5) is 22.3. The summed E-state index contributed by atoms with van der Waals surface area (Å²) in [7, 11) is 1.51. The standard InChI is InChI=1S/C16H14ClN3O4/c1-24-15-7-6-13(17)8-12(15)10-18-19-16(21)9-11-4-2-3-5-14(11)20(22)23/h2-8,10H,9H2,1H3,(H,19,21)/b18-10+.